The maximum Gasteiger partial charge on any atom is 0.227 e. The van der Waals surface area contributed by atoms with E-state index < -0.39 is 0 Å². The van der Waals surface area contributed by atoms with Crippen molar-refractivity contribution in [2.45, 2.75) is 38.8 Å². The van der Waals surface area contributed by atoms with Crippen molar-refractivity contribution in [2.75, 3.05) is 18.6 Å². The molecule has 4 nitrogen and oxygen atoms in total. The Bertz CT molecular complexity index is 440. The van der Waals surface area contributed by atoms with Crippen LogP contribution < -0.4 is 10.6 Å². The Hall–Kier alpha value is -1.39. The zero-order valence-corrected chi connectivity index (χ0v) is 12.3. The van der Waals surface area contributed by atoms with E-state index in [1.54, 1.807) is 7.11 Å². The number of carbonyl (C=O) groups is 1. The summed E-state index contributed by atoms with van der Waals surface area (Å²) in [6.45, 7) is 3.20. The normalized spacial score (nSPS) is 15.9. The van der Waals surface area contributed by atoms with Crippen molar-refractivity contribution in [3.8, 4) is 0 Å². The number of amides is 1. The van der Waals surface area contributed by atoms with Gasteiger partial charge in [-0.1, -0.05) is 19.1 Å². The number of anilines is 1. The lowest BCUT2D eigenvalue weighted by Crippen LogP contribution is -2.34. The van der Waals surface area contributed by atoms with Crippen LogP contribution in [0.4, 0.5) is 5.69 Å². The fourth-order valence-electron chi connectivity index (χ4n) is 2.42. The fraction of sp³-hybridized carbons (Fsp3) is 0.562. The summed E-state index contributed by atoms with van der Waals surface area (Å²) in [6.07, 6.45) is 2.73. The van der Waals surface area contributed by atoms with E-state index in [0.717, 1.165) is 24.1 Å². The van der Waals surface area contributed by atoms with Gasteiger partial charge in [-0.15, -0.1) is 0 Å². The molecule has 2 rings (SSSR count). The Morgan fingerprint density at radius 1 is 1.40 bits per heavy atom. The molecule has 2 N–H and O–H groups in total. The van der Waals surface area contributed by atoms with Crippen LogP contribution in [-0.4, -0.2) is 25.7 Å². The predicted octanol–water partition coefficient (Wildman–Crippen LogP) is 2.31. The molecular weight excluding hydrogens is 252 g/mol. The first-order chi connectivity index (χ1) is 9.65. The van der Waals surface area contributed by atoms with Crippen LogP contribution in [0.2, 0.25) is 0 Å². The minimum Gasteiger partial charge on any atom is -0.384 e. The molecule has 1 unspecified atom stereocenters. The second-order valence-corrected chi connectivity index (χ2v) is 5.63. The number of carbonyl (C=O) groups excluding carboxylic acids is 1. The van der Waals surface area contributed by atoms with Crippen LogP contribution in [0, 0.1) is 5.92 Å². The van der Waals surface area contributed by atoms with Gasteiger partial charge in [0, 0.05) is 38.4 Å². The van der Waals surface area contributed by atoms with Gasteiger partial charge < -0.3 is 15.4 Å². The van der Waals surface area contributed by atoms with E-state index >= 15 is 0 Å². The zero-order valence-electron chi connectivity index (χ0n) is 12.3. The summed E-state index contributed by atoms with van der Waals surface area (Å²) in [4.78, 5) is 14.5. The molecule has 0 radical (unpaired) electrons. The van der Waals surface area contributed by atoms with Gasteiger partial charge in [0.25, 0.3) is 0 Å². The third-order valence-corrected chi connectivity index (χ3v) is 3.61. The van der Waals surface area contributed by atoms with Gasteiger partial charge in [-0.2, -0.15) is 0 Å². The lowest BCUT2D eigenvalue weighted by atomic mass is 10.1. The highest BCUT2D eigenvalue weighted by molar-refractivity contribution is 5.94. The number of nitrogens with zero attached hydrogens (tertiary/aromatic N) is 1. The fourth-order valence-corrected chi connectivity index (χ4v) is 2.42. The summed E-state index contributed by atoms with van der Waals surface area (Å²) < 4.78 is 5.11. The maximum absolute atomic E-state index is 12.5. The standard InChI is InChI=1S/C16H24N2O2/c1-12(11-20-2)9-16(19)18(15-7-8-15)14-5-3-13(10-17)4-6-14/h3-6,12,15H,7-11,17H2,1-2H3. The average Bonchev–Trinajstić information content (AvgIpc) is 3.24. The van der Waals surface area contributed by atoms with E-state index in [1.165, 1.54) is 0 Å². The first-order valence-electron chi connectivity index (χ1n) is 7.25. The van der Waals surface area contributed by atoms with Crippen LogP contribution in [0.3, 0.4) is 0 Å². The predicted molar refractivity (Wildman–Crippen MR) is 80.5 cm³/mol. The number of benzene rings is 1. The lowest BCUT2D eigenvalue weighted by molar-refractivity contribution is -0.119. The second kappa shape index (κ2) is 6.86. The van der Waals surface area contributed by atoms with Gasteiger partial charge in [-0.3, -0.25) is 4.79 Å². The molecule has 1 aliphatic rings. The number of hydrogen-bond acceptors (Lipinski definition) is 3. The van der Waals surface area contributed by atoms with Gasteiger partial charge in [0.2, 0.25) is 5.91 Å². The zero-order chi connectivity index (χ0) is 14.5. The molecule has 1 aromatic carbocycles. The monoisotopic (exact) mass is 276 g/mol. The van der Waals surface area contributed by atoms with E-state index in [0.29, 0.717) is 25.6 Å². The SMILES string of the molecule is COCC(C)CC(=O)N(c1ccc(CN)cc1)C1CC1. The van der Waals surface area contributed by atoms with Crippen molar-refractivity contribution in [3.63, 3.8) is 0 Å². The minimum absolute atomic E-state index is 0.192. The van der Waals surface area contributed by atoms with Crippen molar-refractivity contribution in [2.24, 2.45) is 11.7 Å². The highest BCUT2D eigenvalue weighted by Crippen LogP contribution is 2.32. The van der Waals surface area contributed by atoms with Crippen molar-refractivity contribution >= 4 is 11.6 Å². The molecular formula is C16H24N2O2. The molecule has 20 heavy (non-hydrogen) atoms. The largest absolute Gasteiger partial charge is 0.384 e. The molecule has 1 amide bonds. The molecule has 1 aliphatic carbocycles. The van der Waals surface area contributed by atoms with Gasteiger partial charge in [0.05, 0.1) is 0 Å². The molecule has 110 valence electrons. The van der Waals surface area contributed by atoms with E-state index in [4.69, 9.17) is 10.5 Å². The van der Waals surface area contributed by atoms with E-state index in [9.17, 15) is 4.79 Å². The van der Waals surface area contributed by atoms with Gasteiger partial charge in [0.15, 0.2) is 0 Å². The summed E-state index contributed by atoms with van der Waals surface area (Å²) in [6, 6.07) is 8.37. The third kappa shape index (κ3) is 3.81. The quantitative estimate of drug-likeness (QED) is 0.831. The molecule has 0 spiro atoms. The molecule has 1 atom stereocenters. The topological polar surface area (TPSA) is 55.6 Å². The molecule has 1 fully saturated rings. The van der Waals surface area contributed by atoms with Gasteiger partial charge in [-0.05, 0) is 36.5 Å². The Labute approximate surface area is 120 Å². The molecule has 0 bridgehead atoms. The van der Waals surface area contributed by atoms with Crippen molar-refractivity contribution in [3.05, 3.63) is 29.8 Å². The summed E-state index contributed by atoms with van der Waals surface area (Å²) in [7, 11) is 1.67. The van der Waals surface area contributed by atoms with Gasteiger partial charge in [-0.25, -0.2) is 0 Å². The Balaban J connectivity index is 2.07. The molecule has 1 aromatic rings. The highest BCUT2D eigenvalue weighted by Gasteiger charge is 2.33. The van der Waals surface area contributed by atoms with Crippen molar-refractivity contribution in [1.82, 2.24) is 0 Å². The van der Waals surface area contributed by atoms with Crippen LogP contribution in [-0.2, 0) is 16.1 Å². The first kappa shape index (κ1) is 15.0. The molecule has 0 aromatic heterocycles. The minimum atomic E-state index is 0.192. The van der Waals surface area contributed by atoms with E-state index in [-0.39, 0.29) is 11.8 Å². The van der Waals surface area contributed by atoms with E-state index in [1.807, 2.05) is 36.1 Å². The summed E-state index contributed by atoms with van der Waals surface area (Å²) in [5.74, 6) is 0.439. The molecule has 0 aliphatic heterocycles. The number of rotatable bonds is 7. The molecule has 1 saturated carbocycles. The molecule has 0 heterocycles. The van der Waals surface area contributed by atoms with E-state index in [2.05, 4.69) is 0 Å². The maximum atomic E-state index is 12.5. The average molecular weight is 276 g/mol. The van der Waals surface area contributed by atoms with Crippen LogP contribution >= 0.6 is 0 Å². The number of hydrogen-bond donors (Lipinski definition) is 1. The Kier molecular flexibility index (Phi) is 5.15. The third-order valence-electron chi connectivity index (χ3n) is 3.61. The number of nitrogens with two attached hydrogens (primary N) is 1. The Morgan fingerprint density at radius 3 is 2.55 bits per heavy atom. The second-order valence-electron chi connectivity index (χ2n) is 5.63. The smallest absolute Gasteiger partial charge is 0.227 e. The van der Waals surface area contributed by atoms with Crippen molar-refractivity contribution < 1.29 is 9.53 Å². The summed E-state index contributed by atoms with van der Waals surface area (Å²) >= 11 is 0. The van der Waals surface area contributed by atoms with Crippen LogP contribution in [0.25, 0.3) is 0 Å². The van der Waals surface area contributed by atoms with Crippen LogP contribution in [0.5, 0.6) is 0 Å². The summed E-state index contributed by atoms with van der Waals surface area (Å²) in [5.41, 5.74) is 7.69. The molecule has 0 saturated heterocycles. The van der Waals surface area contributed by atoms with Crippen LogP contribution in [0.15, 0.2) is 24.3 Å². The number of methoxy groups -OCH3 is 1. The lowest BCUT2D eigenvalue weighted by Gasteiger charge is -2.24. The summed E-state index contributed by atoms with van der Waals surface area (Å²) in [5, 5.41) is 0. The van der Waals surface area contributed by atoms with Crippen molar-refractivity contribution in [1.29, 1.82) is 0 Å². The Morgan fingerprint density at radius 2 is 2.05 bits per heavy atom. The highest BCUT2D eigenvalue weighted by atomic mass is 16.5. The first-order valence-corrected chi connectivity index (χ1v) is 7.25. The van der Waals surface area contributed by atoms with Gasteiger partial charge in [0.1, 0.15) is 0 Å². The van der Waals surface area contributed by atoms with Gasteiger partial charge >= 0.3 is 0 Å². The number of ether oxygens (including phenoxy) is 1. The van der Waals surface area contributed by atoms with Crippen LogP contribution in [0.1, 0.15) is 31.7 Å². The molecule has 4 heteroatoms.